The molecule has 7 heteroatoms. The van der Waals surface area contributed by atoms with Crippen LogP contribution in [0.25, 0.3) is 0 Å². The predicted molar refractivity (Wildman–Crippen MR) is 102 cm³/mol. The number of carbonyl (C=O) groups is 2. The molecule has 0 atom stereocenters. The Morgan fingerprint density at radius 2 is 1.96 bits per heavy atom. The van der Waals surface area contributed by atoms with Gasteiger partial charge in [0.2, 0.25) is 0 Å². The second-order valence-electron chi connectivity index (χ2n) is 5.54. The van der Waals surface area contributed by atoms with Crippen LogP contribution >= 0.6 is 11.3 Å². The number of hydrogen-bond acceptors (Lipinski definition) is 5. The van der Waals surface area contributed by atoms with Crippen molar-refractivity contribution >= 4 is 34.6 Å². The van der Waals surface area contributed by atoms with Crippen LogP contribution in [0, 0.1) is 6.92 Å². The maximum atomic E-state index is 12.1. The maximum absolute atomic E-state index is 12.1. The van der Waals surface area contributed by atoms with Crippen LogP contribution in [0.4, 0.5) is 5.69 Å². The molecule has 0 bridgehead atoms. The second-order valence-corrected chi connectivity index (χ2v) is 6.49. The largest absolute Gasteiger partial charge is 0.469 e. The third kappa shape index (κ3) is 4.07. The molecule has 2 N–H and O–H groups in total. The Labute approximate surface area is 154 Å². The number of rotatable bonds is 5. The third-order valence-corrected chi connectivity index (χ3v) is 4.58. The van der Waals surface area contributed by atoms with E-state index in [9.17, 15) is 9.59 Å². The van der Waals surface area contributed by atoms with Crippen LogP contribution in [0.2, 0.25) is 0 Å². The van der Waals surface area contributed by atoms with E-state index in [0.29, 0.717) is 27.6 Å². The molecule has 0 saturated heterocycles. The number of amides is 2. The average Bonchev–Trinajstić information content (AvgIpc) is 3.31. The van der Waals surface area contributed by atoms with Crippen molar-refractivity contribution in [2.24, 2.45) is 5.10 Å². The van der Waals surface area contributed by atoms with E-state index in [0.717, 1.165) is 5.56 Å². The standard InChI is InChI=1S/C19H17N3O3S/c1-12(21-22-18(23)16-8-9-25-13(16)2)14-5-3-6-15(11-14)20-19(24)17-7-4-10-26-17/h3-11H,1-2H3,(H,20,24)(H,22,23). The molecule has 0 spiro atoms. The van der Waals surface area contributed by atoms with Crippen molar-refractivity contribution < 1.29 is 14.0 Å². The SMILES string of the molecule is CC(=NNC(=O)c1ccoc1C)c1cccc(NC(=O)c2cccs2)c1. The summed E-state index contributed by atoms with van der Waals surface area (Å²) in [6.07, 6.45) is 1.46. The van der Waals surface area contributed by atoms with Gasteiger partial charge in [0, 0.05) is 5.69 Å². The number of benzene rings is 1. The maximum Gasteiger partial charge on any atom is 0.274 e. The molecule has 6 nitrogen and oxygen atoms in total. The van der Waals surface area contributed by atoms with Crippen molar-refractivity contribution in [3.05, 3.63) is 75.9 Å². The Morgan fingerprint density at radius 3 is 2.65 bits per heavy atom. The highest BCUT2D eigenvalue weighted by Crippen LogP contribution is 2.15. The van der Waals surface area contributed by atoms with Crippen molar-refractivity contribution in [1.29, 1.82) is 0 Å². The Morgan fingerprint density at radius 1 is 1.12 bits per heavy atom. The summed E-state index contributed by atoms with van der Waals surface area (Å²) < 4.78 is 5.11. The molecule has 3 rings (SSSR count). The smallest absolute Gasteiger partial charge is 0.274 e. The molecule has 0 unspecified atom stereocenters. The lowest BCUT2D eigenvalue weighted by Crippen LogP contribution is -2.19. The first-order valence-corrected chi connectivity index (χ1v) is 8.76. The van der Waals surface area contributed by atoms with E-state index < -0.39 is 0 Å². The molecular weight excluding hydrogens is 350 g/mol. The zero-order chi connectivity index (χ0) is 18.5. The van der Waals surface area contributed by atoms with Gasteiger partial charge < -0.3 is 9.73 Å². The molecule has 2 amide bonds. The number of nitrogens with zero attached hydrogens (tertiary/aromatic N) is 1. The molecule has 26 heavy (non-hydrogen) atoms. The molecular formula is C19H17N3O3S. The van der Waals surface area contributed by atoms with Gasteiger partial charge in [-0.25, -0.2) is 5.43 Å². The molecule has 132 valence electrons. The molecule has 0 fully saturated rings. The molecule has 2 heterocycles. The van der Waals surface area contributed by atoms with Crippen molar-refractivity contribution in [1.82, 2.24) is 5.43 Å². The van der Waals surface area contributed by atoms with Crippen LogP contribution in [-0.2, 0) is 0 Å². The van der Waals surface area contributed by atoms with E-state index in [2.05, 4.69) is 15.8 Å². The normalized spacial score (nSPS) is 11.2. The van der Waals surface area contributed by atoms with E-state index in [1.807, 2.05) is 23.6 Å². The van der Waals surface area contributed by atoms with Crippen molar-refractivity contribution in [2.45, 2.75) is 13.8 Å². The quantitative estimate of drug-likeness (QED) is 0.527. The van der Waals surface area contributed by atoms with E-state index in [1.165, 1.54) is 17.6 Å². The Hall–Kier alpha value is -3.19. The Balaban J connectivity index is 1.69. The number of thiophene rings is 1. The van der Waals surface area contributed by atoms with Crippen LogP contribution in [-0.4, -0.2) is 17.5 Å². The van der Waals surface area contributed by atoms with Crippen LogP contribution in [0.3, 0.4) is 0 Å². The Kier molecular flexibility index (Phi) is 5.28. The Bertz CT molecular complexity index is 958. The lowest BCUT2D eigenvalue weighted by molar-refractivity contribution is 0.0952. The lowest BCUT2D eigenvalue weighted by Gasteiger charge is -2.07. The number of aryl methyl sites for hydroxylation is 1. The van der Waals surface area contributed by atoms with Crippen molar-refractivity contribution in [3.63, 3.8) is 0 Å². The number of hydrazone groups is 1. The molecule has 0 radical (unpaired) electrons. The van der Waals surface area contributed by atoms with Crippen LogP contribution < -0.4 is 10.7 Å². The molecule has 0 aliphatic heterocycles. The molecule has 3 aromatic rings. The van der Waals surface area contributed by atoms with E-state index in [-0.39, 0.29) is 11.8 Å². The molecule has 0 aliphatic carbocycles. The number of hydrogen-bond donors (Lipinski definition) is 2. The van der Waals surface area contributed by atoms with Gasteiger partial charge in [0.05, 0.1) is 22.4 Å². The minimum atomic E-state index is -0.335. The zero-order valence-corrected chi connectivity index (χ0v) is 15.1. The van der Waals surface area contributed by atoms with Gasteiger partial charge in [0.1, 0.15) is 5.76 Å². The minimum Gasteiger partial charge on any atom is -0.469 e. The monoisotopic (exact) mass is 367 g/mol. The lowest BCUT2D eigenvalue weighted by atomic mass is 10.1. The highest BCUT2D eigenvalue weighted by molar-refractivity contribution is 7.12. The average molecular weight is 367 g/mol. The van der Waals surface area contributed by atoms with Crippen LogP contribution in [0.1, 0.15) is 38.3 Å². The topological polar surface area (TPSA) is 83.7 Å². The highest BCUT2D eigenvalue weighted by atomic mass is 32.1. The van der Waals surface area contributed by atoms with Gasteiger partial charge in [-0.3, -0.25) is 9.59 Å². The summed E-state index contributed by atoms with van der Waals surface area (Å²) in [7, 11) is 0. The first kappa shape index (κ1) is 17.6. The molecule has 1 aromatic carbocycles. The first-order chi connectivity index (χ1) is 12.5. The van der Waals surface area contributed by atoms with Gasteiger partial charge in [0.15, 0.2) is 0 Å². The zero-order valence-electron chi connectivity index (χ0n) is 14.3. The third-order valence-electron chi connectivity index (χ3n) is 3.71. The summed E-state index contributed by atoms with van der Waals surface area (Å²) in [6, 6.07) is 12.5. The summed E-state index contributed by atoms with van der Waals surface area (Å²) in [4.78, 5) is 24.9. The summed E-state index contributed by atoms with van der Waals surface area (Å²) in [6.45, 7) is 3.49. The number of nitrogens with one attached hydrogen (secondary N) is 2. The predicted octanol–water partition coefficient (Wildman–Crippen LogP) is 4.06. The first-order valence-electron chi connectivity index (χ1n) is 7.88. The molecule has 0 aliphatic rings. The second kappa shape index (κ2) is 7.79. The summed E-state index contributed by atoms with van der Waals surface area (Å²) in [5, 5.41) is 8.83. The van der Waals surface area contributed by atoms with Crippen molar-refractivity contribution in [2.75, 3.05) is 5.32 Å². The van der Waals surface area contributed by atoms with Gasteiger partial charge in [-0.1, -0.05) is 18.2 Å². The number of carbonyl (C=O) groups excluding carboxylic acids is 2. The van der Waals surface area contributed by atoms with Gasteiger partial charge in [-0.05, 0) is 49.1 Å². The fraction of sp³-hybridized carbons (Fsp3) is 0.105. The van der Waals surface area contributed by atoms with E-state index in [4.69, 9.17) is 4.42 Å². The van der Waals surface area contributed by atoms with Crippen LogP contribution in [0.5, 0.6) is 0 Å². The van der Waals surface area contributed by atoms with E-state index >= 15 is 0 Å². The van der Waals surface area contributed by atoms with Crippen molar-refractivity contribution in [3.8, 4) is 0 Å². The fourth-order valence-electron chi connectivity index (χ4n) is 2.30. The summed E-state index contributed by atoms with van der Waals surface area (Å²) in [5.74, 6) is 0.0434. The van der Waals surface area contributed by atoms with Gasteiger partial charge in [0.25, 0.3) is 11.8 Å². The number of anilines is 1. The summed E-state index contributed by atoms with van der Waals surface area (Å²) >= 11 is 1.38. The van der Waals surface area contributed by atoms with Gasteiger partial charge in [-0.15, -0.1) is 11.3 Å². The van der Waals surface area contributed by atoms with Gasteiger partial charge in [-0.2, -0.15) is 5.10 Å². The van der Waals surface area contributed by atoms with Crippen LogP contribution in [0.15, 0.2) is 63.6 Å². The highest BCUT2D eigenvalue weighted by Gasteiger charge is 2.11. The fourth-order valence-corrected chi connectivity index (χ4v) is 2.92. The van der Waals surface area contributed by atoms with Gasteiger partial charge >= 0.3 is 0 Å². The number of furan rings is 1. The molecule has 0 saturated carbocycles. The van der Waals surface area contributed by atoms with E-state index in [1.54, 1.807) is 38.1 Å². The summed E-state index contributed by atoms with van der Waals surface area (Å²) in [5.41, 5.74) is 5.02. The molecule has 2 aromatic heterocycles. The minimum absolute atomic E-state index is 0.157.